The minimum atomic E-state index is 0.0770. The van der Waals surface area contributed by atoms with E-state index in [1.807, 2.05) is 66.9 Å². The summed E-state index contributed by atoms with van der Waals surface area (Å²) in [5.41, 5.74) is 4.16. The van der Waals surface area contributed by atoms with Gasteiger partial charge in [-0.25, -0.2) is 0 Å². The number of carbonyl (C=O) groups excluding carboxylic acids is 1. The Morgan fingerprint density at radius 3 is 2.72 bits per heavy atom. The van der Waals surface area contributed by atoms with Crippen LogP contribution in [0.5, 0.6) is 0 Å². The molecule has 0 N–H and O–H groups in total. The maximum Gasteiger partial charge on any atom is 0.237 e. The number of benzene rings is 2. The standard InChI is InChI=1S/C21H23N5OS2/c1-14-7-6-8-15(2)20(14)26-21(22-23-24-26)28-13-19(27)25-12-11-16(3)29-18-10-5-4-9-17(18)25/h4-10,16H,11-13H2,1-3H3/t16-/m1/s1. The molecule has 1 aromatic heterocycles. The number of nitrogens with zero attached hydrogens (tertiary/aromatic N) is 5. The molecule has 0 fully saturated rings. The number of thioether (sulfide) groups is 2. The van der Waals surface area contributed by atoms with Crippen molar-refractivity contribution in [3.63, 3.8) is 0 Å². The van der Waals surface area contributed by atoms with E-state index >= 15 is 0 Å². The van der Waals surface area contributed by atoms with Crippen molar-refractivity contribution in [1.29, 1.82) is 0 Å². The second-order valence-corrected chi connectivity index (χ2v) is 9.56. The van der Waals surface area contributed by atoms with E-state index in [2.05, 4.69) is 28.5 Å². The molecule has 4 rings (SSSR count). The van der Waals surface area contributed by atoms with E-state index in [1.165, 1.54) is 11.8 Å². The predicted octanol–water partition coefficient (Wildman–Crippen LogP) is 4.29. The molecule has 0 radical (unpaired) electrons. The second-order valence-electron chi connectivity index (χ2n) is 7.13. The molecule has 2 aromatic carbocycles. The van der Waals surface area contributed by atoms with Gasteiger partial charge in [-0.15, -0.1) is 16.9 Å². The average Bonchev–Trinajstić information content (AvgIpc) is 3.08. The lowest BCUT2D eigenvalue weighted by molar-refractivity contribution is -0.116. The van der Waals surface area contributed by atoms with Crippen LogP contribution in [0.15, 0.2) is 52.5 Å². The van der Waals surface area contributed by atoms with Gasteiger partial charge in [-0.1, -0.05) is 49.0 Å². The number of rotatable bonds is 4. The van der Waals surface area contributed by atoms with Crippen molar-refractivity contribution in [3.05, 3.63) is 53.6 Å². The third kappa shape index (κ3) is 4.18. The monoisotopic (exact) mass is 425 g/mol. The highest BCUT2D eigenvalue weighted by molar-refractivity contribution is 8.00. The summed E-state index contributed by atoms with van der Waals surface area (Å²) in [4.78, 5) is 16.2. The van der Waals surface area contributed by atoms with Gasteiger partial charge < -0.3 is 4.90 Å². The maximum atomic E-state index is 13.1. The van der Waals surface area contributed by atoms with Gasteiger partial charge in [-0.05, 0) is 54.0 Å². The van der Waals surface area contributed by atoms with Gasteiger partial charge in [0.2, 0.25) is 11.1 Å². The van der Waals surface area contributed by atoms with Crippen LogP contribution in [0.1, 0.15) is 24.5 Å². The Morgan fingerprint density at radius 2 is 1.93 bits per heavy atom. The molecule has 150 valence electrons. The van der Waals surface area contributed by atoms with Crippen LogP contribution >= 0.6 is 23.5 Å². The number of para-hydroxylation sites is 2. The van der Waals surface area contributed by atoms with Crippen LogP contribution in [0, 0.1) is 13.8 Å². The summed E-state index contributed by atoms with van der Waals surface area (Å²) in [5, 5.41) is 13.3. The highest BCUT2D eigenvalue weighted by Gasteiger charge is 2.25. The average molecular weight is 426 g/mol. The zero-order chi connectivity index (χ0) is 20.4. The van der Waals surface area contributed by atoms with Crippen LogP contribution in [0.2, 0.25) is 0 Å². The second kappa shape index (κ2) is 8.59. The zero-order valence-electron chi connectivity index (χ0n) is 16.7. The molecule has 0 bridgehead atoms. The number of aryl methyl sites for hydroxylation is 2. The molecule has 6 nitrogen and oxygen atoms in total. The van der Waals surface area contributed by atoms with E-state index < -0.39 is 0 Å². The lowest BCUT2D eigenvalue weighted by atomic mass is 10.1. The molecule has 0 saturated heterocycles. The van der Waals surface area contributed by atoms with E-state index in [0.717, 1.165) is 40.4 Å². The summed E-state index contributed by atoms with van der Waals surface area (Å²) < 4.78 is 1.73. The highest BCUT2D eigenvalue weighted by Crippen LogP contribution is 2.37. The third-order valence-corrected chi connectivity index (χ3v) is 7.10. The van der Waals surface area contributed by atoms with Crippen molar-refractivity contribution in [2.45, 2.75) is 42.5 Å². The number of hydrogen-bond acceptors (Lipinski definition) is 6. The van der Waals surface area contributed by atoms with Crippen LogP contribution in [-0.4, -0.2) is 43.7 Å². The normalized spacial score (nSPS) is 16.4. The molecule has 3 aromatic rings. The van der Waals surface area contributed by atoms with Crippen molar-refractivity contribution in [1.82, 2.24) is 20.2 Å². The van der Waals surface area contributed by atoms with Gasteiger partial charge in [-0.2, -0.15) is 4.68 Å². The molecule has 1 atom stereocenters. The van der Waals surface area contributed by atoms with Gasteiger partial charge in [0.1, 0.15) is 0 Å². The molecule has 0 spiro atoms. The Balaban J connectivity index is 1.54. The van der Waals surface area contributed by atoms with Gasteiger partial charge in [0.05, 0.1) is 17.1 Å². The predicted molar refractivity (Wildman–Crippen MR) is 118 cm³/mol. The number of anilines is 1. The first kappa shape index (κ1) is 20.0. The third-order valence-electron chi connectivity index (χ3n) is 4.96. The molecule has 0 saturated carbocycles. The van der Waals surface area contributed by atoms with Gasteiger partial charge in [-0.3, -0.25) is 4.79 Å². The molecule has 0 aliphatic carbocycles. The fraction of sp³-hybridized carbons (Fsp3) is 0.333. The van der Waals surface area contributed by atoms with E-state index in [1.54, 1.807) is 4.68 Å². The van der Waals surface area contributed by atoms with Crippen LogP contribution < -0.4 is 4.90 Å². The molecular weight excluding hydrogens is 402 g/mol. The summed E-state index contributed by atoms with van der Waals surface area (Å²) >= 11 is 3.21. The largest absolute Gasteiger partial charge is 0.311 e. The minimum absolute atomic E-state index is 0.0770. The molecule has 1 amide bonds. The molecule has 29 heavy (non-hydrogen) atoms. The van der Waals surface area contributed by atoms with Gasteiger partial charge in [0, 0.05) is 16.7 Å². The minimum Gasteiger partial charge on any atom is -0.311 e. The maximum absolute atomic E-state index is 13.1. The number of carbonyl (C=O) groups is 1. The smallest absolute Gasteiger partial charge is 0.237 e. The first-order chi connectivity index (χ1) is 14.0. The first-order valence-electron chi connectivity index (χ1n) is 9.58. The SMILES string of the molecule is Cc1cccc(C)c1-n1nnnc1SCC(=O)N1CC[C@@H](C)Sc2ccccc21. The van der Waals surface area contributed by atoms with Crippen molar-refractivity contribution in [2.75, 3.05) is 17.2 Å². The molecular formula is C21H23N5OS2. The Labute approximate surface area is 179 Å². The molecule has 1 aliphatic rings. The Bertz CT molecular complexity index is 1020. The number of hydrogen-bond donors (Lipinski definition) is 0. The summed E-state index contributed by atoms with van der Waals surface area (Å²) in [6.07, 6.45) is 0.968. The fourth-order valence-electron chi connectivity index (χ4n) is 3.50. The Hall–Kier alpha value is -2.32. The number of amides is 1. The van der Waals surface area contributed by atoms with Crippen LogP contribution in [0.3, 0.4) is 0 Å². The topological polar surface area (TPSA) is 63.9 Å². The first-order valence-corrected chi connectivity index (χ1v) is 11.4. The number of tetrazole rings is 1. The van der Waals surface area contributed by atoms with Crippen LogP contribution in [0.25, 0.3) is 5.69 Å². The van der Waals surface area contributed by atoms with Crippen molar-refractivity contribution in [3.8, 4) is 5.69 Å². The van der Waals surface area contributed by atoms with Crippen LogP contribution in [-0.2, 0) is 4.79 Å². The van der Waals surface area contributed by atoms with Gasteiger partial charge in [0.15, 0.2) is 0 Å². The van der Waals surface area contributed by atoms with Crippen molar-refractivity contribution >= 4 is 35.1 Å². The molecule has 8 heteroatoms. The van der Waals surface area contributed by atoms with Crippen LogP contribution in [0.4, 0.5) is 5.69 Å². The molecule has 0 unspecified atom stereocenters. The Morgan fingerprint density at radius 1 is 1.17 bits per heavy atom. The van der Waals surface area contributed by atoms with Crippen molar-refractivity contribution in [2.24, 2.45) is 0 Å². The molecule has 1 aliphatic heterocycles. The summed E-state index contributed by atoms with van der Waals surface area (Å²) in [6.45, 7) is 7.02. The highest BCUT2D eigenvalue weighted by atomic mass is 32.2. The van der Waals surface area contributed by atoms with E-state index in [-0.39, 0.29) is 5.91 Å². The van der Waals surface area contributed by atoms with Gasteiger partial charge >= 0.3 is 0 Å². The Kier molecular flexibility index (Phi) is 5.91. The summed E-state index contributed by atoms with van der Waals surface area (Å²) in [6, 6.07) is 14.2. The quantitative estimate of drug-likeness (QED) is 0.581. The van der Waals surface area contributed by atoms with E-state index in [0.29, 0.717) is 16.2 Å². The lowest BCUT2D eigenvalue weighted by Crippen LogP contribution is -2.33. The van der Waals surface area contributed by atoms with Gasteiger partial charge in [0.25, 0.3) is 0 Å². The number of aromatic nitrogens is 4. The van der Waals surface area contributed by atoms with E-state index in [9.17, 15) is 4.79 Å². The number of fused-ring (bicyclic) bond motifs is 1. The fourth-order valence-corrected chi connectivity index (χ4v) is 5.36. The summed E-state index contributed by atoms with van der Waals surface area (Å²) in [5.74, 6) is 0.367. The lowest BCUT2D eigenvalue weighted by Gasteiger charge is -2.22. The zero-order valence-corrected chi connectivity index (χ0v) is 18.3. The summed E-state index contributed by atoms with van der Waals surface area (Å²) in [7, 11) is 0. The molecule has 2 heterocycles. The van der Waals surface area contributed by atoms with E-state index in [4.69, 9.17) is 0 Å². The van der Waals surface area contributed by atoms with Crippen molar-refractivity contribution < 1.29 is 4.79 Å².